The van der Waals surface area contributed by atoms with Crippen molar-refractivity contribution < 1.29 is 19.0 Å². The minimum atomic E-state index is -0.209. The third-order valence-electron chi connectivity index (χ3n) is 3.36. The van der Waals surface area contributed by atoms with Gasteiger partial charge in [0.15, 0.2) is 17.3 Å². The summed E-state index contributed by atoms with van der Waals surface area (Å²) in [5, 5.41) is 0. The van der Waals surface area contributed by atoms with Crippen molar-refractivity contribution >= 4 is 17.5 Å². The van der Waals surface area contributed by atoms with Crippen molar-refractivity contribution in [2.75, 3.05) is 27.1 Å². The number of nitrogens with two attached hydrogens (primary N) is 1. The van der Waals surface area contributed by atoms with Crippen molar-refractivity contribution in [1.29, 1.82) is 0 Å². The predicted molar refractivity (Wildman–Crippen MR) is 90.3 cm³/mol. The summed E-state index contributed by atoms with van der Waals surface area (Å²) in [4.78, 5) is 12.3. The Morgan fingerprint density at radius 1 is 0.957 bits per heavy atom. The fourth-order valence-electron chi connectivity index (χ4n) is 2.08. The van der Waals surface area contributed by atoms with Gasteiger partial charge < -0.3 is 19.9 Å². The van der Waals surface area contributed by atoms with Gasteiger partial charge in [0.25, 0.3) is 0 Å². The number of ketones is 1. The maximum Gasteiger partial charge on any atom is 0.188 e. The van der Waals surface area contributed by atoms with Gasteiger partial charge in [0.05, 0.1) is 21.3 Å². The van der Waals surface area contributed by atoms with Crippen LogP contribution in [0.25, 0.3) is 6.08 Å². The molecule has 23 heavy (non-hydrogen) atoms. The van der Waals surface area contributed by atoms with Crippen LogP contribution < -0.4 is 19.9 Å². The largest absolute Gasteiger partial charge is 0.497 e. The van der Waals surface area contributed by atoms with Crippen LogP contribution in [0.5, 0.6) is 17.2 Å². The summed E-state index contributed by atoms with van der Waals surface area (Å²) in [6.07, 6.45) is 3.19. The molecule has 0 aliphatic carbocycles. The van der Waals surface area contributed by atoms with Crippen molar-refractivity contribution in [3.05, 3.63) is 53.6 Å². The zero-order valence-corrected chi connectivity index (χ0v) is 13.3. The average molecular weight is 313 g/mol. The third kappa shape index (κ3) is 3.83. The van der Waals surface area contributed by atoms with Gasteiger partial charge in [0.2, 0.25) is 0 Å². The molecular formula is C18H19NO4. The molecule has 5 nitrogen and oxygen atoms in total. The Kier molecular flexibility index (Phi) is 5.25. The summed E-state index contributed by atoms with van der Waals surface area (Å²) in [6, 6.07) is 10.5. The van der Waals surface area contributed by atoms with Gasteiger partial charge in [0.1, 0.15) is 5.75 Å². The standard InChI is InChI=1S/C18H19NO4/c1-21-13-7-4-12(5-8-13)6-9-16(20)14-10-17(22-2)18(23-3)11-15(14)19/h4-11H,19H2,1-3H3. The summed E-state index contributed by atoms with van der Waals surface area (Å²) in [7, 11) is 4.63. The lowest BCUT2D eigenvalue weighted by molar-refractivity contribution is 0.104. The number of nitrogen functional groups attached to an aromatic ring is 1. The fourth-order valence-corrected chi connectivity index (χ4v) is 2.08. The number of hydrogen-bond donors (Lipinski definition) is 1. The number of rotatable bonds is 6. The molecule has 5 heteroatoms. The molecule has 2 N–H and O–H groups in total. The van der Waals surface area contributed by atoms with Crippen LogP contribution in [-0.4, -0.2) is 27.1 Å². The molecule has 0 unspecified atom stereocenters. The minimum absolute atomic E-state index is 0.209. The van der Waals surface area contributed by atoms with Gasteiger partial charge in [-0.05, 0) is 29.8 Å². The van der Waals surface area contributed by atoms with Crippen molar-refractivity contribution in [2.24, 2.45) is 0 Å². The molecule has 0 radical (unpaired) electrons. The van der Waals surface area contributed by atoms with E-state index in [0.29, 0.717) is 22.7 Å². The predicted octanol–water partition coefficient (Wildman–Crippen LogP) is 3.19. The molecule has 0 bridgehead atoms. The molecule has 0 heterocycles. The van der Waals surface area contributed by atoms with Crippen molar-refractivity contribution in [3.8, 4) is 17.2 Å². The molecule has 0 saturated carbocycles. The highest BCUT2D eigenvalue weighted by molar-refractivity contribution is 6.10. The highest BCUT2D eigenvalue weighted by atomic mass is 16.5. The summed E-state index contributed by atoms with van der Waals surface area (Å²) >= 11 is 0. The third-order valence-corrected chi connectivity index (χ3v) is 3.36. The fraction of sp³-hybridized carbons (Fsp3) is 0.167. The van der Waals surface area contributed by atoms with E-state index < -0.39 is 0 Å². The Morgan fingerprint density at radius 2 is 1.57 bits per heavy atom. The van der Waals surface area contributed by atoms with E-state index in [1.165, 1.54) is 20.3 Å². The molecule has 2 aromatic rings. The van der Waals surface area contributed by atoms with Gasteiger partial charge in [-0.25, -0.2) is 0 Å². The molecule has 2 rings (SSSR count). The Bertz CT molecular complexity index is 721. The van der Waals surface area contributed by atoms with Gasteiger partial charge in [-0.1, -0.05) is 18.2 Å². The molecule has 120 valence electrons. The van der Waals surface area contributed by atoms with Crippen molar-refractivity contribution in [3.63, 3.8) is 0 Å². The quantitative estimate of drug-likeness (QED) is 0.504. The topological polar surface area (TPSA) is 70.8 Å². The van der Waals surface area contributed by atoms with Gasteiger partial charge in [-0.2, -0.15) is 0 Å². The van der Waals surface area contributed by atoms with Gasteiger partial charge in [0, 0.05) is 17.3 Å². The first-order valence-electron chi connectivity index (χ1n) is 6.97. The van der Waals surface area contributed by atoms with Crippen LogP contribution in [0, 0.1) is 0 Å². The van der Waals surface area contributed by atoms with E-state index in [0.717, 1.165) is 11.3 Å². The van der Waals surface area contributed by atoms with E-state index >= 15 is 0 Å². The summed E-state index contributed by atoms with van der Waals surface area (Å²) in [5.74, 6) is 1.50. The molecule has 0 fully saturated rings. The lowest BCUT2D eigenvalue weighted by Crippen LogP contribution is -2.03. The van der Waals surface area contributed by atoms with E-state index in [9.17, 15) is 4.79 Å². The van der Waals surface area contributed by atoms with Crippen LogP contribution in [-0.2, 0) is 0 Å². The summed E-state index contributed by atoms with van der Waals surface area (Å²) in [6.45, 7) is 0. The first kappa shape index (κ1) is 16.4. The molecule has 0 saturated heterocycles. The summed E-state index contributed by atoms with van der Waals surface area (Å²) in [5.41, 5.74) is 7.52. The zero-order valence-electron chi connectivity index (χ0n) is 13.3. The van der Waals surface area contributed by atoms with E-state index in [-0.39, 0.29) is 5.78 Å². The molecule has 0 atom stereocenters. The number of anilines is 1. The SMILES string of the molecule is COc1ccc(C=CC(=O)c2cc(OC)c(OC)cc2N)cc1. The van der Waals surface area contributed by atoms with E-state index in [4.69, 9.17) is 19.9 Å². The van der Waals surface area contributed by atoms with Crippen LogP contribution in [0.1, 0.15) is 15.9 Å². The first-order chi connectivity index (χ1) is 11.1. The lowest BCUT2D eigenvalue weighted by Gasteiger charge is -2.10. The molecule has 0 aliphatic heterocycles. The number of carbonyl (C=O) groups excluding carboxylic acids is 1. The second-order valence-corrected chi connectivity index (χ2v) is 4.77. The van der Waals surface area contributed by atoms with E-state index in [1.54, 1.807) is 25.3 Å². The number of benzene rings is 2. The van der Waals surface area contributed by atoms with Crippen molar-refractivity contribution in [1.82, 2.24) is 0 Å². The average Bonchev–Trinajstić information content (AvgIpc) is 2.59. The Labute approximate surface area is 135 Å². The van der Waals surface area contributed by atoms with Gasteiger partial charge >= 0.3 is 0 Å². The van der Waals surface area contributed by atoms with Crippen LogP contribution >= 0.6 is 0 Å². The van der Waals surface area contributed by atoms with Crippen LogP contribution in [0.2, 0.25) is 0 Å². The molecular weight excluding hydrogens is 294 g/mol. The number of hydrogen-bond acceptors (Lipinski definition) is 5. The first-order valence-corrected chi connectivity index (χ1v) is 6.97. The Balaban J connectivity index is 2.24. The number of carbonyl (C=O) groups is 1. The monoisotopic (exact) mass is 313 g/mol. The number of allylic oxidation sites excluding steroid dienone is 1. The minimum Gasteiger partial charge on any atom is -0.497 e. The molecule has 0 spiro atoms. The van der Waals surface area contributed by atoms with Crippen LogP contribution in [0.15, 0.2) is 42.5 Å². The second kappa shape index (κ2) is 7.35. The number of methoxy groups -OCH3 is 3. The van der Waals surface area contributed by atoms with Crippen molar-refractivity contribution in [2.45, 2.75) is 0 Å². The molecule has 0 amide bonds. The van der Waals surface area contributed by atoms with Crippen LogP contribution in [0.3, 0.4) is 0 Å². The Morgan fingerprint density at radius 3 is 2.13 bits per heavy atom. The molecule has 0 aromatic heterocycles. The maximum absolute atomic E-state index is 12.3. The normalized spacial score (nSPS) is 10.6. The Hall–Kier alpha value is -2.95. The van der Waals surface area contributed by atoms with E-state index in [1.807, 2.05) is 24.3 Å². The molecule has 0 aliphatic rings. The summed E-state index contributed by atoms with van der Waals surface area (Å²) < 4.78 is 15.5. The van der Waals surface area contributed by atoms with E-state index in [2.05, 4.69) is 0 Å². The maximum atomic E-state index is 12.3. The highest BCUT2D eigenvalue weighted by Crippen LogP contribution is 2.32. The zero-order chi connectivity index (χ0) is 16.8. The highest BCUT2D eigenvalue weighted by Gasteiger charge is 2.13. The lowest BCUT2D eigenvalue weighted by atomic mass is 10.1. The van der Waals surface area contributed by atoms with Gasteiger partial charge in [-0.15, -0.1) is 0 Å². The second-order valence-electron chi connectivity index (χ2n) is 4.77. The smallest absolute Gasteiger partial charge is 0.188 e. The molecule has 2 aromatic carbocycles. The van der Waals surface area contributed by atoms with Crippen LogP contribution in [0.4, 0.5) is 5.69 Å². The number of ether oxygens (including phenoxy) is 3. The van der Waals surface area contributed by atoms with Gasteiger partial charge in [-0.3, -0.25) is 4.79 Å².